The summed E-state index contributed by atoms with van der Waals surface area (Å²) in [6.45, 7) is 4.66. The summed E-state index contributed by atoms with van der Waals surface area (Å²) in [5.74, 6) is 0.520. The minimum Gasteiger partial charge on any atom is -0.494 e. The molecular weight excluding hydrogens is 323 g/mol. The van der Waals surface area contributed by atoms with Crippen molar-refractivity contribution < 1.29 is 18.7 Å². The summed E-state index contributed by atoms with van der Waals surface area (Å²) in [7, 11) is 1.41. The predicted octanol–water partition coefficient (Wildman–Crippen LogP) is 3.79. The fourth-order valence-electron chi connectivity index (χ4n) is 2.35. The van der Waals surface area contributed by atoms with Crippen molar-refractivity contribution in [3.05, 3.63) is 59.4 Å². The van der Waals surface area contributed by atoms with Crippen LogP contribution in [0.5, 0.6) is 11.5 Å². The maximum atomic E-state index is 13.6. The van der Waals surface area contributed by atoms with Gasteiger partial charge in [-0.25, -0.2) is 9.18 Å². The lowest BCUT2D eigenvalue weighted by Gasteiger charge is -2.16. The van der Waals surface area contributed by atoms with Crippen LogP contribution in [0.15, 0.2) is 42.5 Å². The number of ether oxygens (including phenoxy) is 2. The number of urea groups is 1. The second-order valence-electron chi connectivity index (χ2n) is 5.52. The van der Waals surface area contributed by atoms with Gasteiger partial charge in [-0.05, 0) is 49.2 Å². The van der Waals surface area contributed by atoms with Crippen LogP contribution in [0.2, 0.25) is 0 Å². The number of halogens is 1. The number of hydrogen-bond donors (Lipinski definition) is 2. The van der Waals surface area contributed by atoms with Crippen molar-refractivity contribution in [1.29, 1.82) is 0 Å². The third-order valence-corrected chi connectivity index (χ3v) is 3.71. The molecule has 0 unspecified atom stereocenters. The number of benzene rings is 2. The Balaban J connectivity index is 1.85. The first kappa shape index (κ1) is 18.6. The lowest BCUT2D eigenvalue weighted by Crippen LogP contribution is -2.36. The van der Waals surface area contributed by atoms with Gasteiger partial charge in [-0.3, -0.25) is 0 Å². The van der Waals surface area contributed by atoms with Gasteiger partial charge < -0.3 is 20.1 Å². The zero-order valence-corrected chi connectivity index (χ0v) is 14.6. The largest absolute Gasteiger partial charge is 0.494 e. The van der Waals surface area contributed by atoms with Crippen molar-refractivity contribution >= 4 is 6.03 Å². The molecule has 0 aliphatic heterocycles. The maximum Gasteiger partial charge on any atom is 0.315 e. The number of amides is 2. The molecule has 0 fully saturated rings. The monoisotopic (exact) mass is 346 g/mol. The van der Waals surface area contributed by atoms with E-state index in [4.69, 9.17) is 9.47 Å². The standard InChI is InChI=1S/C19H23FN2O3/c1-4-25-16-8-6-15(7-9-16)13(2)22-19(23)21-12-14-5-10-18(24-3)17(20)11-14/h5-11,13H,4,12H2,1-3H3,(H2,21,22,23)/t13-/m1/s1. The van der Waals surface area contributed by atoms with Crippen LogP contribution in [-0.2, 0) is 6.54 Å². The first-order valence-electron chi connectivity index (χ1n) is 8.13. The number of methoxy groups -OCH3 is 1. The third-order valence-electron chi connectivity index (χ3n) is 3.71. The van der Waals surface area contributed by atoms with Crippen LogP contribution in [0, 0.1) is 5.82 Å². The quantitative estimate of drug-likeness (QED) is 0.802. The highest BCUT2D eigenvalue weighted by Crippen LogP contribution is 2.18. The van der Waals surface area contributed by atoms with Crippen molar-refractivity contribution in [2.45, 2.75) is 26.4 Å². The Hall–Kier alpha value is -2.76. The molecule has 0 aromatic heterocycles. The summed E-state index contributed by atoms with van der Waals surface area (Å²) in [5.41, 5.74) is 1.62. The van der Waals surface area contributed by atoms with E-state index in [0.717, 1.165) is 11.3 Å². The number of carbonyl (C=O) groups is 1. The zero-order valence-electron chi connectivity index (χ0n) is 14.6. The van der Waals surface area contributed by atoms with Crippen molar-refractivity contribution in [3.63, 3.8) is 0 Å². The van der Waals surface area contributed by atoms with Crippen LogP contribution in [0.3, 0.4) is 0 Å². The molecule has 2 aromatic rings. The van der Waals surface area contributed by atoms with E-state index < -0.39 is 5.82 Å². The minimum atomic E-state index is -0.454. The van der Waals surface area contributed by atoms with Crippen LogP contribution >= 0.6 is 0 Å². The van der Waals surface area contributed by atoms with E-state index in [-0.39, 0.29) is 24.4 Å². The summed E-state index contributed by atoms with van der Waals surface area (Å²) < 4.78 is 23.9. The van der Waals surface area contributed by atoms with Gasteiger partial charge in [0.05, 0.1) is 19.8 Å². The Morgan fingerprint density at radius 3 is 2.52 bits per heavy atom. The average molecular weight is 346 g/mol. The van der Waals surface area contributed by atoms with Crippen LogP contribution in [0.25, 0.3) is 0 Å². The second kappa shape index (κ2) is 8.92. The fraction of sp³-hybridized carbons (Fsp3) is 0.316. The van der Waals surface area contributed by atoms with Gasteiger partial charge in [-0.1, -0.05) is 18.2 Å². The van der Waals surface area contributed by atoms with Crippen molar-refractivity contribution in [1.82, 2.24) is 10.6 Å². The number of carbonyl (C=O) groups excluding carboxylic acids is 1. The van der Waals surface area contributed by atoms with Gasteiger partial charge in [0.1, 0.15) is 5.75 Å². The number of rotatable bonds is 7. The maximum absolute atomic E-state index is 13.6. The van der Waals surface area contributed by atoms with E-state index in [9.17, 15) is 9.18 Å². The third kappa shape index (κ3) is 5.38. The molecule has 0 saturated carbocycles. The molecule has 0 aliphatic carbocycles. The Morgan fingerprint density at radius 2 is 1.92 bits per heavy atom. The van der Waals surface area contributed by atoms with E-state index in [1.54, 1.807) is 6.07 Å². The van der Waals surface area contributed by atoms with Gasteiger partial charge in [-0.2, -0.15) is 0 Å². The highest BCUT2D eigenvalue weighted by atomic mass is 19.1. The Morgan fingerprint density at radius 1 is 1.20 bits per heavy atom. The SMILES string of the molecule is CCOc1ccc([C@@H](C)NC(=O)NCc2ccc(OC)c(F)c2)cc1. The van der Waals surface area contributed by atoms with Crippen molar-refractivity contribution in [3.8, 4) is 11.5 Å². The molecule has 2 N–H and O–H groups in total. The number of nitrogens with one attached hydrogen (secondary N) is 2. The Labute approximate surface area is 147 Å². The van der Waals surface area contributed by atoms with E-state index in [1.807, 2.05) is 38.1 Å². The van der Waals surface area contributed by atoms with Crippen molar-refractivity contribution in [2.75, 3.05) is 13.7 Å². The fourth-order valence-corrected chi connectivity index (χ4v) is 2.35. The van der Waals surface area contributed by atoms with Gasteiger partial charge >= 0.3 is 6.03 Å². The summed E-state index contributed by atoms with van der Waals surface area (Å²) in [5, 5.41) is 5.56. The normalized spacial score (nSPS) is 11.5. The highest BCUT2D eigenvalue weighted by molar-refractivity contribution is 5.74. The van der Waals surface area contributed by atoms with Crippen LogP contribution in [-0.4, -0.2) is 19.7 Å². The van der Waals surface area contributed by atoms with Crippen LogP contribution < -0.4 is 20.1 Å². The lowest BCUT2D eigenvalue weighted by molar-refractivity contribution is 0.237. The molecule has 1 atom stereocenters. The van der Waals surface area contributed by atoms with Crippen LogP contribution in [0.4, 0.5) is 9.18 Å². The minimum absolute atomic E-state index is 0.164. The molecular formula is C19H23FN2O3. The molecule has 0 saturated heterocycles. The molecule has 134 valence electrons. The zero-order chi connectivity index (χ0) is 18.2. The highest BCUT2D eigenvalue weighted by Gasteiger charge is 2.10. The van der Waals surface area contributed by atoms with Gasteiger partial charge in [-0.15, -0.1) is 0 Å². The number of hydrogen-bond acceptors (Lipinski definition) is 3. The molecule has 6 heteroatoms. The summed E-state index contributed by atoms with van der Waals surface area (Å²) in [4.78, 5) is 12.0. The predicted molar refractivity (Wildman–Crippen MR) is 94.3 cm³/mol. The van der Waals surface area contributed by atoms with Gasteiger partial charge in [0, 0.05) is 6.54 Å². The van der Waals surface area contributed by atoms with E-state index in [1.165, 1.54) is 19.2 Å². The molecule has 0 heterocycles. The molecule has 0 bridgehead atoms. The molecule has 5 nitrogen and oxygen atoms in total. The van der Waals surface area contributed by atoms with Crippen molar-refractivity contribution in [2.24, 2.45) is 0 Å². The lowest BCUT2D eigenvalue weighted by atomic mass is 10.1. The van der Waals surface area contributed by atoms with Crippen LogP contribution in [0.1, 0.15) is 31.0 Å². The first-order chi connectivity index (χ1) is 12.0. The smallest absolute Gasteiger partial charge is 0.315 e. The van der Waals surface area contributed by atoms with E-state index in [0.29, 0.717) is 12.2 Å². The average Bonchev–Trinajstić information content (AvgIpc) is 2.61. The molecule has 2 amide bonds. The molecule has 2 rings (SSSR count). The molecule has 25 heavy (non-hydrogen) atoms. The summed E-state index contributed by atoms with van der Waals surface area (Å²) in [6, 6.07) is 11.7. The molecule has 0 radical (unpaired) electrons. The van der Waals surface area contributed by atoms with E-state index in [2.05, 4.69) is 10.6 Å². The Kier molecular flexibility index (Phi) is 6.62. The molecule has 0 spiro atoms. The first-order valence-corrected chi connectivity index (χ1v) is 8.13. The molecule has 0 aliphatic rings. The van der Waals surface area contributed by atoms with Gasteiger partial charge in [0.15, 0.2) is 11.6 Å². The van der Waals surface area contributed by atoms with E-state index >= 15 is 0 Å². The van der Waals surface area contributed by atoms with Gasteiger partial charge in [0.25, 0.3) is 0 Å². The summed E-state index contributed by atoms with van der Waals surface area (Å²) >= 11 is 0. The topological polar surface area (TPSA) is 59.6 Å². The second-order valence-corrected chi connectivity index (χ2v) is 5.52. The van der Waals surface area contributed by atoms with Gasteiger partial charge in [0.2, 0.25) is 0 Å². The molecule has 2 aromatic carbocycles. The Bertz CT molecular complexity index is 704. The summed E-state index contributed by atoms with van der Waals surface area (Å²) in [6.07, 6.45) is 0.